The highest BCUT2D eigenvalue weighted by molar-refractivity contribution is 8.14. The quantitative estimate of drug-likeness (QED) is 0.650. The van der Waals surface area contributed by atoms with Gasteiger partial charge in [0.1, 0.15) is 6.04 Å². The Morgan fingerprint density at radius 2 is 1.67 bits per heavy atom. The molecule has 3 atom stereocenters. The van der Waals surface area contributed by atoms with Crippen molar-refractivity contribution in [2.45, 2.75) is 29.5 Å². The van der Waals surface area contributed by atoms with Gasteiger partial charge in [0.15, 0.2) is 0 Å². The molecule has 0 bridgehead atoms. The van der Waals surface area contributed by atoms with Gasteiger partial charge in [-0.3, -0.25) is 9.59 Å². The van der Waals surface area contributed by atoms with E-state index >= 15 is 0 Å². The van der Waals surface area contributed by atoms with E-state index in [-0.39, 0.29) is 28.7 Å². The third-order valence-electron chi connectivity index (χ3n) is 4.77. The van der Waals surface area contributed by atoms with Crippen LogP contribution in [0, 0.1) is 5.92 Å². The smallest absolute Gasteiger partial charge is 0.326 e. The molecular weight excluding hydrogens is 442 g/mol. The molecule has 1 aliphatic rings. The Hall–Kier alpha value is -1.96. The normalized spacial score (nSPS) is 19.0. The summed E-state index contributed by atoms with van der Waals surface area (Å²) in [6, 6.07) is 17.9. The Morgan fingerprint density at radius 1 is 1.07 bits per heavy atom. The first-order valence-corrected chi connectivity index (χ1v) is 11.3. The van der Waals surface area contributed by atoms with E-state index in [1.54, 1.807) is 43.0 Å². The second-order valence-corrected chi connectivity index (χ2v) is 9.37. The fraction of sp³-hybridized carbons (Fsp3) is 0.318. The van der Waals surface area contributed by atoms with E-state index in [1.165, 1.54) is 4.90 Å². The maximum Gasteiger partial charge on any atom is 0.326 e. The molecule has 8 heteroatoms. The van der Waals surface area contributed by atoms with Gasteiger partial charge in [-0.05, 0) is 18.6 Å². The molecule has 2 aromatic rings. The zero-order valence-electron chi connectivity index (χ0n) is 16.5. The maximum atomic E-state index is 12.9. The minimum atomic E-state index is -0.977. The molecule has 2 aromatic carbocycles. The summed E-state index contributed by atoms with van der Waals surface area (Å²) in [4.78, 5) is 39.5. The van der Waals surface area contributed by atoms with Crippen LogP contribution >= 0.6 is 35.9 Å². The maximum absolute atomic E-state index is 12.9. The van der Waals surface area contributed by atoms with E-state index in [2.05, 4.69) is 0 Å². The lowest BCUT2D eigenvalue weighted by atomic mass is 10.1. The number of nitrogens with zero attached hydrogens (tertiary/aromatic N) is 1. The van der Waals surface area contributed by atoms with E-state index in [4.69, 9.17) is 0 Å². The van der Waals surface area contributed by atoms with E-state index in [9.17, 15) is 19.5 Å². The third kappa shape index (κ3) is 6.27. The summed E-state index contributed by atoms with van der Waals surface area (Å²) in [6.07, 6.45) is 0.420. The monoisotopic (exact) mass is 465 g/mol. The number of carboxylic acid groups (broad SMARTS) is 1. The van der Waals surface area contributed by atoms with Gasteiger partial charge in [0.05, 0.1) is 0 Å². The number of halogens is 1. The summed E-state index contributed by atoms with van der Waals surface area (Å²) in [5, 5.41) is 9.55. The van der Waals surface area contributed by atoms with Crippen molar-refractivity contribution in [1.29, 1.82) is 0 Å². The molecule has 1 saturated heterocycles. The van der Waals surface area contributed by atoms with Gasteiger partial charge in [0.2, 0.25) is 11.0 Å². The van der Waals surface area contributed by atoms with Crippen molar-refractivity contribution in [3.63, 3.8) is 0 Å². The highest BCUT2D eigenvalue weighted by atomic mass is 35.5. The van der Waals surface area contributed by atoms with Crippen LogP contribution in [0.3, 0.4) is 0 Å². The Balaban J connectivity index is 0.00000320. The first-order valence-electron chi connectivity index (χ1n) is 9.43. The number of carbonyl (C=O) groups is 3. The van der Waals surface area contributed by atoms with E-state index < -0.39 is 17.9 Å². The fourth-order valence-corrected chi connectivity index (χ4v) is 5.32. The molecule has 1 fully saturated rings. The summed E-state index contributed by atoms with van der Waals surface area (Å²) in [6.45, 7) is 2.15. The summed E-state index contributed by atoms with van der Waals surface area (Å²) in [5.41, 5.74) is 0.598. The third-order valence-corrected chi connectivity index (χ3v) is 7.16. The average molecular weight is 466 g/mol. The topological polar surface area (TPSA) is 74.7 Å². The number of hydrogen-bond donors (Lipinski definition) is 1. The first-order chi connectivity index (χ1) is 14.0. The SMILES string of the molecule is CC(CSC(=O)c1ccccc1)C(=O)N1C[C@@H](Sc2ccccc2)C[C@H]1C(=O)O.Cl. The lowest BCUT2D eigenvalue weighted by Gasteiger charge is -2.24. The molecule has 1 unspecified atom stereocenters. The summed E-state index contributed by atoms with van der Waals surface area (Å²) >= 11 is 2.70. The van der Waals surface area contributed by atoms with Crippen LogP contribution < -0.4 is 0 Å². The van der Waals surface area contributed by atoms with Crippen molar-refractivity contribution in [3.8, 4) is 0 Å². The predicted octanol–water partition coefficient (Wildman–Crippen LogP) is 4.46. The zero-order valence-corrected chi connectivity index (χ0v) is 18.9. The van der Waals surface area contributed by atoms with Crippen molar-refractivity contribution < 1.29 is 19.5 Å². The van der Waals surface area contributed by atoms with Gasteiger partial charge in [0, 0.05) is 33.9 Å². The van der Waals surface area contributed by atoms with Gasteiger partial charge >= 0.3 is 5.97 Å². The van der Waals surface area contributed by atoms with Crippen LogP contribution in [-0.4, -0.2) is 50.6 Å². The molecule has 160 valence electrons. The van der Waals surface area contributed by atoms with Gasteiger partial charge in [-0.25, -0.2) is 4.79 Å². The minimum absolute atomic E-state index is 0. The number of thioether (sulfide) groups is 2. The van der Waals surface area contributed by atoms with Crippen LogP contribution in [0.5, 0.6) is 0 Å². The van der Waals surface area contributed by atoms with E-state index in [1.807, 2.05) is 36.4 Å². The lowest BCUT2D eigenvalue weighted by Crippen LogP contribution is -2.43. The average Bonchev–Trinajstić information content (AvgIpc) is 3.16. The molecule has 1 aliphatic heterocycles. The minimum Gasteiger partial charge on any atom is -0.480 e. The molecule has 0 aromatic heterocycles. The molecule has 5 nitrogen and oxygen atoms in total. The predicted molar refractivity (Wildman–Crippen MR) is 123 cm³/mol. The summed E-state index contributed by atoms with van der Waals surface area (Å²) in [5.74, 6) is -1.29. The van der Waals surface area contributed by atoms with Crippen LogP contribution in [0.15, 0.2) is 65.6 Å². The van der Waals surface area contributed by atoms with Crippen LogP contribution in [-0.2, 0) is 9.59 Å². The number of hydrogen-bond acceptors (Lipinski definition) is 5. The molecular formula is C22H24ClNO4S2. The number of aliphatic carboxylic acids is 1. The Labute approximate surface area is 191 Å². The molecule has 3 rings (SSSR count). The molecule has 1 heterocycles. The van der Waals surface area contributed by atoms with Crippen LogP contribution in [0.2, 0.25) is 0 Å². The molecule has 30 heavy (non-hydrogen) atoms. The molecule has 0 aliphatic carbocycles. The number of carboxylic acids is 1. The van der Waals surface area contributed by atoms with Gasteiger partial charge in [-0.2, -0.15) is 0 Å². The van der Waals surface area contributed by atoms with Gasteiger partial charge in [-0.15, -0.1) is 24.2 Å². The molecule has 0 spiro atoms. The molecule has 1 N–H and O–H groups in total. The number of likely N-dealkylation sites (tertiary alicyclic amines) is 1. The summed E-state index contributed by atoms with van der Waals surface area (Å²) < 4.78 is 0. The number of rotatable bonds is 7. The summed E-state index contributed by atoms with van der Waals surface area (Å²) in [7, 11) is 0. The van der Waals surface area contributed by atoms with Crippen molar-refractivity contribution in [2.75, 3.05) is 12.3 Å². The first kappa shape index (κ1) is 24.3. The van der Waals surface area contributed by atoms with Gasteiger partial charge < -0.3 is 10.0 Å². The lowest BCUT2D eigenvalue weighted by molar-refractivity contribution is -0.149. The standard InChI is InChI=1S/C22H23NO4S2.ClH/c1-15(14-28-22(27)16-8-4-2-5-9-16)20(24)23-13-18(12-19(23)21(25)26)29-17-10-6-3-7-11-17;/h2-11,15,18-19H,12-14H2,1H3,(H,25,26);1H/t15?,18-,19-;/m0./s1. The number of benzene rings is 2. The second kappa shape index (κ2) is 11.4. The van der Waals surface area contributed by atoms with Gasteiger partial charge in [0.25, 0.3) is 0 Å². The number of amides is 1. The molecule has 1 amide bonds. The van der Waals surface area contributed by atoms with Crippen LogP contribution in [0.25, 0.3) is 0 Å². The van der Waals surface area contributed by atoms with Crippen molar-refractivity contribution >= 4 is 52.9 Å². The fourth-order valence-electron chi connectivity index (χ4n) is 3.26. The van der Waals surface area contributed by atoms with Crippen molar-refractivity contribution in [3.05, 3.63) is 66.2 Å². The largest absolute Gasteiger partial charge is 0.480 e. The Bertz CT molecular complexity index is 866. The van der Waals surface area contributed by atoms with Crippen LogP contribution in [0.1, 0.15) is 23.7 Å². The second-order valence-electron chi connectivity index (χ2n) is 7.00. The highest BCUT2D eigenvalue weighted by Gasteiger charge is 2.41. The molecule has 0 radical (unpaired) electrons. The Kier molecular flexibility index (Phi) is 9.27. The highest BCUT2D eigenvalue weighted by Crippen LogP contribution is 2.34. The van der Waals surface area contributed by atoms with E-state index in [0.29, 0.717) is 24.3 Å². The van der Waals surface area contributed by atoms with Crippen LogP contribution in [0.4, 0.5) is 0 Å². The molecule has 0 saturated carbocycles. The zero-order chi connectivity index (χ0) is 20.8. The van der Waals surface area contributed by atoms with E-state index in [0.717, 1.165) is 16.7 Å². The van der Waals surface area contributed by atoms with Crippen molar-refractivity contribution in [2.24, 2.45) is 5.92 Å². The Morgan fingerprint density at radius 3 is 2.27 bits per heavy atom. The van der Waals surface area contributed by atoms with Crippen molar-refractivity contribution in [1.82, 2.24) is 4.90 Å². The number of carbonyl (C=O) groups excluding carboxylic acids is 2. The van der Waals surface area contributed by atoms with Gasteiger partial charge in [-0.1, -0.05) is 67.2 Å².